The van der Waals surface area contributed by atoms with Crippen molar-refractivity contribution in [2.75, 3.05) is 33.2 Å². The molecule has 0 fully saturated rings. The molecule has 1 amide bonds. The van der Waals surface area contributed by atoms with Crippen LogP contribution in [0.25, 0.3) is 0 Å². The van der Waals surface area contributed by atoms with Crippen molar-refractivity contribution >= 4 is 5.91 Å². The van der Waals surface area contributed by atoms with Gasteiger partial charge in [-0.25, -0.2) is 0 Å². The molecule has 0 spiro atoms. The number of aromatic nitrogens is 3. The lowest BCUT2D eigenvalue weighted by atomic mass is 10.3. The Labute approximate surface area is 107 Å². The van der Waals surface area contributed by atoms with E-state index in [-0.39, 0.29) is 5.91 Å². The Balaban J connectivity index is 1.82. The average molecular weight is 252 g/mol. The van der Waals surface area contributed by atoms with Crippen LogP contribution in [0.4, 0.5) is 0 Å². The minimum Gasteiger partial charge on any atom is -0.345 e. The summed E-state index contributed by atoms with van der Waals surface area (Å²) in [5.74, 6) is 1.06. The van der Waals surface area contributed by atoms with E-state index in [0.717, 1.165) is 31.9 Å². The fourth-order valence-electron chi connectivity index (χ4n) is 2.02. The summed E-state index contributed by atoms with van der Waals surface area (Å²) in [7, 11) is 1.82. The van der Waals surface area contributed by atoms with E-state index in [1.54, 1.807) is 11.2 Å². The van der Waals surface area contributed by atoms with Crippen molar-refractivity contribution in [3.8, 4) is 0 Å². The molecule has 0 atom stereocenters. The minimum absolute atomic E-state index is 0.136. The smallest absolute Gasteiger partial charge is 0.236 e. The number of nitrogens with zero attached hydrogens (tertiary/aromatic N) is 5. The molecule has 100 valence electrons. The summed E-state index contributed by atoms with van der Waals surface area (Å²) in [5, 5.41) is 7.91. The maximum Gasteiger partial charge on any atom is 0.236 e. The second-order valence-electron chi connectivity index (χ2n) is 4.61. The van der Waals surface area contributed by atoms with Crippen LogP contribution in [0, 0.1) is 0 Å². The first-order chi connectivity index (χ1) is 8.70. The van der Waals surface area contributed by atoms with Gasteiger partial charge in [0.05, 0.1) is 13.1 Å². The van der Waals surface area contributed by atoms with Crippen LogP contribution in [0.3, 0.4) is 0 Å². The van der Waals surface area contributed by atoms with Crippen LogP contribution < -0.4 is 5.73 Å². The van der Waals surface area contributed by atoms with Gasteiger partial charge < -0.3 is 15.2 Å². The second-order valence-corrected chi connectivity index (χ2v) is 4.61. The van der Waals surface area contributed by atoms with Crippen LogP contribution in [-0.4, -0.2) is 63.7 Å². The van der Waals surface area contributed by atoms with Crippen molar-refractivity contribution in [2.45, 2.75) is 19.5 Å². The van der Waals surface area contributed by atoms with E-state index < -0.39 is 0 Å². The monoisotopic (exact) mass is 252 g/mol. The molecule has 1 aromatic heterocycles. The van der Waals surface area contributed by atoms with Gasteiger partial charge in [0.25, 0.3) is 0 Å². The van der Waals surface area contributed by atoms with Crippen molar-refractivity contribution in [2.24, 2.45) is 5.73 Å². The molecule has 18 heavy (non-hydrogen) atoms. The molecule has 0 saturated heterocycles. The Bertz CT molecular complexity index is 404. The van der Waals surface area contributed by atoms with Gasteiger partial charge in [0, 0.05) is 26.7 Å². The third-order valence-corrected chi connectivity index (χ3v) is 3.20. The Morgan fingerprint density at radius 2 is 2.39 bits per heavy atom. The van der Waals surface area contributed by atoms with Gasteiger partial charge in [0.1, 0.15) is 12.2 Å². The summed E-state index contributed by atoms with van der Waals surface area (Å²) in [4.78, 5) is 15.8. The Kier molecular flexibility index (Phi) is 4.27. The predicted molar refractivity (Wildman–Crippen MR) is 66.6 cm³/mol. The van der Waals surface area contributed by atoms with Crippen LogP contribution in [0.1, 0.15) is 12.2 Å². The number of carbonyl (C=O) groups excluding carboxylic acids is 1. The summed E-state index contributed by atoms with van der Waals surface area (Å²) in [6.45, 7) is 4.18. The van der Waals surface area contributed by atoms with Gasteiger partial charge in [0.2, 0.25) is 5.91 Å². The van der Waals surface area contributed by atoms with Crippen molar-refractivity contribution in [1.82, 2.24) is 24.6 Å². The highest BCUT2D eigenvalue weighted by atomic mass is 16.2. The van der Waals surface area contributed by atoms with Gasteiger partial charge >= 0.3 is 0 Å². The zero-order chi connectivity index (χ0) is 13.0. The van der Waals surface area contributed by atoms with Gasteiger partial charge in [-0.2, -0.15) is 0 Å². The van der Waals surface area contributed by atoms with Crippen molar-refractivity contribution in [1.29, 1.82) is 0 Å². The van der Waals surface area contributed by atoms with Crippen LogP contribution in [0.5, 0.6) is 0 Å². The van der Waals surface area contributed by atoms with Gasteiger partial charge in [0.15, 0.2) is 0 Å². The summed E-state index contributed by atoms with van der Waals surface area (Å²) >= 11 is 0. The number of hydrogen-bond acceptors (Lipinski definition) is 5. The molecule has 0 bridgehead atoms. The largest absolute Gasteiger partial charge is 0.345 e. The average Bonchev–Trinajstić information content (AvgIpc) is 2.83. The molecule has 2 heterocycles. The highest BCUT2D eigenvalue weighted by molar-refractivity contribution is 5.77. The number of nitrogens with two attached hydrogens (primary N) is 1. The Morgan fingerprint density at radius 3 is 3.17 bits per heavy atom. The van der Waals surface area contributed by atoms with Gasteiger partial charge in [-0.3, -0.25) is 9.69 Å². The van der Waals surface area contributed by atoms with E-state index >= 15 is 0 Å². The SMILES string of the molecule is CN(CCCN)C(=O)CN1CCn2cnnc2C1. The number of amides is 1. The van der Waals surface area contributed by atoms with Crippen LogP contribution in [-0.2, 0) is 17.9 Å². The lowest BCUT2D eigenvalue weighted by Crippen LogP contribution is -2.42. The summed E-state index contributed by atoms with van der Waals surface area (Å²) < 4.78 is 2.03. The standard InChI is InChI=1S/C11H20N6O/c1-15(4-2-3-12)11(18)8-16-5-6-17-9-13-14-10(17)7-16/h9H,2-8,12H2,1H3. The highest BCUT2D eigenvalue weighted by Crippen LogP contribution is 2.08. The molecule has 0 unspecified atom stereocenters. The molecular weight excluding hydrogens is 232 g/mol. The third kappa shape index (κ3) is 3.05. The first-order valence-electron chi connectivity index (χ1n) is 6.24. The minimum atomic E-state index is 0.136. The number of likely N-dealkylation sites (N-methyl/N-ethyl adjacent to an activating group) is 1. The maximum absolute atomic E-state index is 12.0. The lowest BCUT2D eigenvalue weighted by Gasteiger charge is -2.28. The van der Waals surface area contributed by atoms with Gasteiger partial charge in [-0.05, 0) is 13.0 Å². The molecule has 7 nitrogen and oxygen atoms in total. The van der Waals surface area contributed by atoms with Crippen LogP contribution >= 0.6 is 0 Å². The molecule has 0 aliphatic carbocycles. The molecule has 0 saturated carbocycles. The molecule has 1 aliphatic heterocycles. The molecule has 7 heteroatoms. The van der Waals surface area contributed by atoms with Gasteiger partial charge in [-0.15, -0.1) is 10.2 Å². The third-order valence-electron chi connectivity index (χ3n) is 3.20. The normalized spacial score (nSPS) is 15.4. The van der Waals surface area contributed by atoms with Gasteiger partial charge in [-0.1, -0.05) is 0 Å². The molecule has 1 aromatic rings. The predicted octanol–water partition coefficient (Wildman–Crippen LogP) is -1.10. The molecular formula is C11H20N6O. The topological polar surface area (TPSA) is 80.3 Å². The molecule has 2 N–H and O–H groups in total. The van der Waals surface area contributed by atoms with E-state index in [1.807, 2.05) is 11.6 Å². The fraction of sp³-hybridized carbons (Fsp3) is 0.727. The maximum atomic E-state index is 12.0. The Hall–Kier alpha value is -1.47. The summed E-state index contributed by atoms with van der Waals surface area (Å²) in [6, 6.07) is 0. The zero-order valence-corrected chi connectivity index (χ0v) is 10.7. The summed E-state index contributed by atoms with van der Waals surface area (Å²) in [6.07, 6.45) is 2.58. The zero-order valence-electron chi connectivity index (χ0n) is 10.7. The molecule has 1 aliphatic rings. The number of rotatable bonds is 5. The lowest BCUT2D eigenvalue weighted by molar-refractivity contribution is -0.131. The van der Waals surface area contributed by atoms with E-state index in [9.17, 15) is 4.79 Å². The van der Waals surface area contributed by atoms with E-state index in [4.69, 9.17) is 5.73 Å². The van der Waals surface area contributed by atoms with Crippen molar-refractivity contribution in [3.05, 3.63) is 12.2 Å². The van der Waals surface area contributed by atoms with Crippen LogP contribution in [0.2, 0.25) is 0 Å². The van der Waals surface area contributed by atoms with Crippen molar-refractivity contribution < 1.29 is 4.79 Å². The number of carbonyl (C=O) groups is 1. The number of hydrogen-bond donors (Lipinski definition) is 1. The highest BCUT2D eigenvalue weighted by Gasteiger charge is 2.20. The van der Waals surface area contributed by atoms with E-state index in [1.165, 1.54) is 0 Å². The quantitative estimate of drug-likeness (QED) is 0.719. The second kappa shape index (κ2) is 5.92. The molecule has 0 aromatic carbocycles. The van der Waals surface area contributed by atoms with Crippen molar-refractivity contribution in [3.63, 3.8) is 0 Å². The fourth-order valence-corrected chi connectivity index (χ4v) is 2.02. The van der Waals surface area contributed by atoms with E-state index in [0.29, 0.717) is 19.6 Å². The Morgan fingerprint density at radius 1 is 1.56 bits per heavy atom. The molecule has 2 rings (SSSR count). The first kappa shape index (κ1) is 13.0. The summed E-state index contributed by atoms with van der Waals surface area (Å²) in [5.41, 5.74) is 5.44. The van der Waals surface area contributed by atoms with Crippen LogP contribution in [0.15, 0.2) is 6.33 Å². The first-order valence-corrected chi connectivity index (χ1v) is 6.24. The van der Waals surface area contributed by atoms with E-state index in [2.05, 4.69) is 15.1 Å². The number of fused-ring (bicyclic) bond motifs is 1. The molecule has 0 radical (unpaired) electrons.